The number of carbonyl (C=O) groups excluding carboxylic acids is 2. The van der Waals surface area contributed by atoms with Crippen LogP contribution in [0.3, 0.4) is 0 Å². The van der Waals surface area contributed by atoms with Crippen LogP contribution in [0.5, 0.6) is 0 Å². The zero-order valence-electron chi connectivity index (χ0n) is 13.3. The maximum atomic E-state index is 11.2. The summed E-state index contributed by atoms with van der Waals surface area (Å²) in [6, 6.07) is 10.1. The van der Waals surface area contributed by atoms with Gasteiger partial charge in [0, 0.05) is 12.4 Å². The van der Waals surface area contributed by atoms with E-state index in [4.69, 9.17) is 0 Å². The van der Waals surface area contributed by atoms with Gasteiger partial charge in [-0.15, -0.1) is 0 Å². The van der Waals surface area contributed by atoms with Crippen LogP contribution in [0.25, 0.3) is 0 Å². The minimum absolute atomic E-state index is 0. The Morgan fingerprint density at radius 3 is 1.37 bits per heavy atom. The number of hydrogen-bond donors (Lipinski definition) is 4. The molecule has 0 saturated carbocycles. The van der Waals surface area contributed by atoms with Crippen molar-refractivity contribution in [1.82, 2.24) is 31.7 Å². The van der Waals surface area contributed by atoms with Gasteiger partial charge in [0.25, 0.3) is 11.8 Å². The van der Waals surface area contributed by atoms with E-state index in [1.807, 2.05) is 0 Å². The second-order valence-electron chi connectivity index (χ2n) is 4.16. The van der Waals surface area contributed by atoms with E-state index in [1.165, 1.54) is 12.4 Å². The topological polar surface area (TPSA) is 108 Å². The Morgan fingerprint density at radius 1 is 0.741 bits per heavy atom. The van der Waals surface area contributed by atoms with E-state index in [0.29, 0.717) is 11.4 Å². The van der Waals surface area contributed by atoms with Gasteiger partial charge in [-0.2, -0.15) is 0 Å². The molecule has 142 valence electrons. The molecule has 0 atom stereocenters. The number of thiocarbonyl (C=S) groups is 2. The van der Waals surface area contributed by atoms with Crippen molar-refractivity contribution in [3.8, 4) is 0 Å². The molecular weight excluding hydrogens is 468 g/mol. The van der Waals surface area contributed by atoms with Gasteiger partial charge in [-0.3, -0.25) is 30.4 Å². The molecule has 0 saturated heterocycles. The molecule has 0 spiro atoms. The second kappa shape index (κ2) is 14.1. The average molecular weight is 480 g/mol. The van der Waals surface area contributed by atoms with Crippen molar-refractivity contribution in [2.45, 2.75) is 0 Å². The predicted molar refractivity (Wildman–Crippen MR) is 110 cm³/mol. The van der Waals surface area contributed by atoms with E-state index in [9.17, 15) is 9.59 Å². The van der Waals surface area contributed by atoms with Gasteiger partial charge in [0.05, 0.1) is 0 Å². The number of aromatic nitrogens is 2. The van der Waals surface area contributed by atoms with Gasteiger partial charge in [-0.25, -0.2) is 0 Å². The molecule has 0 fully saturated rings. The SMILES string of the molecule is O=C(NNC(=S)[S-])c1ccccn1.O=C(NNC(=S)[S-])c1ccccn1.[Fe+2]. The first-order valence-corrected chi connectivity index (χ1v) is 8.40. The van der Waals surface area contributed by atoms with Crippen LogP contribution in [0.1, 0.15) is 21.0 Å². The van der Waals surface area contributed by atoms with Gasteiger partial charge in [0.1, 0.15) is 11.4 Å². The van der Waals surface area contributed by atoms with Crippen LogP contribution in [0.4, 0.5) is 0 Å². The van der Waals surface area contributed by atoms with E-state index in [-0.39, 0.29) is 37.5 Å². The molecule has 2 aromatic heterocycles. The number of hydrazine groups is 2. The first-order valence-electron chi connectivity index (χ1n) is 6.77. The summed E-state index contributed by atoms with van der Waals surface area (Å²) in [6.45, 7) is 0. The smallest absolute Gasteiger partial charge is 0.410 e. The second-order valence-corrected chi connectivity index (χ2v) is 6.31. The summed E-state index contributed by atoms with van der Waals surface area (Å²) in [7, 11) is 0. The van der Waals surface area contributed by atoms with Gasteiger partial charge >= 0.3 is 17.1 Å². The van der Waals surface area contributed by atoms with Crippen LogP contribution in [0, 0.1) is 0 Å². The number of rotatable bonds is 2. The largest absolute Gasteiger partial charge is 2.00 e. The standard InChI is InChI=1S/2C7H7N3OS2.Fe/c2*11-6(9-10-7(12)13)5-3-1-2-4-8-5;/h2*1-4H,(H,9,11)(H2,10,12,13);/q;;+2/p-2. The molecule has 2 heterocycles. The Bertz CT molecular complexity index is 701. The van der Waals surface area contributed by atoms with E-state index in [0.717, 1.165) is 0 Å². The molecule has 0 aliphatic heterocycles. The molecule has 0 unspecified atom stereocenters. The molecule has 8 nitrogen and oxygen atoms in total. The Morgan fingerprint density at radius 2 is 1.11 bits per heavy atom. The first kappa shape index (κ1) is 25.0. The quantitative estimate of drug-likeness (QED) is 0.207. The van der Waals surface area contributed by atoms with Crippen molar-refractivity contribution in [3.05, 3.63) is 60.2 Å². The van der Waals surface area contributed by atoms with E-state index in [1.54, 1.807) is 36.4 Å². The third-order valence-corrected chi connectivity index (χ3v) is 2.76. The van der Waals surface area contributed by atoms with Crippen molar-refractivity contribution in [2.24, 2.45) is 0 Å². The van der Waals surface area contributed by atoms with E-state index in [2.05, 4.69) is 81.4 Å². The summed E-state index contributed by atoms with van der Waals surface area (Å²) in [5, 5.41) is 0. The van der Waals surface area contributed by atoms with Gasteiger partial charge < -0.3 is 60.5 Å². The summed E-state index contributed by atoms with van der Waals surface area (Å²) in [5.41, 5.74) is 9.92. The summed E-state index contributed by atoms with van der Waals surface area (Å²) in [4.78, 5) is 30.1. The van der Waals surface area contributed by atoms with E-state index >= 15 is 0 Å². The predicted octanol–water partition coefficient (Wildman–Crippen LogP) is 0.293. The Hall–Kier alpha value is -2.02. The van der Waals surface area contributed by atoms with Gasteiger partial charge in [-0.1, -0.05) is 12.1 Å². The number of nitrogens with one attached hydrogen (secondary N) is 4. The molecule has 2 rings (SSSR count). The molecular formula is C14H12FeN6O2S4. The molecule has 27 heavy (non-hydrogen) atoms. The van der Waals surface area contributed by atoms with Crippen molar-refractivity contribution in [3.63, 3.8) is 0 Å². The zero-order chi connectivity index (χ0) is 19.4. The Kier molecular flexibility index (Phi) is 13.0. The van der Waals surface area contributed by atoms with Crippen LogP contribution in [0.15, 0.2) is 48.8 Å². The molecule has 0 radical (unpaired) electrons. The monoisotopic (exact) mass is 480 g/mol. The van der Waals surface area contributed by atoms with Crippen LogP contribution in [-0.4, -0.2) is 30.4 Å². The number of hydrogen-bond acceptors (Lipinski definition) is 8. The number of amides is 2. The van der Waals surface area contributed by atoms with Crippen LogP contribution >= 0.6 is 24.4 Å². The molecule has 13 heteroatoms. The maximum absolute atomic E-state index is 11.2. The molecule has 2 aromatic rings. The minimum Gasteiger partial charge on any atom is -0.410 e. The molecule has 0 bridgehead atoms. The van der Waals surface area contributed by atoms with Crippen LogP contribution in [0.2, 0.25) is 0 Å². The average Bonchev–Trinajstić information content (AvgIpc) is 2.66. The van der Waals surface area contributed by atoms with Crippen molar-refractivity contribution in [2.75, 3.05) is 0 Å². The third-order valence-electron chi connectivity index (χ3n) is 2.35. The summed E-state index contributed by atoms with van der Waals surface area (Å²) in [6.07, 6.45) is 3.06. The number of pyridine rings is 2. The fraction of sp³-hybridized carbons (Fsp3) is 0. The molecule has 0 aromatic carbocycles. The van der Waals surface area contributed by atoms with Crippen molar-refractivity contribution < 1.29 is 26.7 Å². The number of nitrogens with zero attached hydrogens (tertiary/aromatic N) is 2. The van der Waals surface area contributed by atoms with Crippen LogP contribution < -0.4 is 21.7 Å². The first-order chi connectivity index (χ1) is 12.4. The van der Waals surface area contributed by atoms with Gasteiger partial charge in [0.15, 0.2) is 0 Å². The van der Waals surface area contributed by atoms with Crippen molar-refractivity contribution in [1.29, 1.82) is 0 Å². The summed E-state index contributed by atoms with van der Waals surface area (Å²) < 4.78 is 0.175. The fourth-order valence-corrected chi connectivity index (χ4v) is 1.54. The normalized spacial score (nSPS) is 8.59. The molecule has 0 aliphatic rings. The summed E-state index contributed by atoms with van der Waals surface area (Å²) >= 11 is 18.1. The molecule has 0 aliphatic carbocycles. The Labute approximate surface area is 187 Å². The zero-order valence-corrected chi connectivity index (χ0v) is 17.7. The fourth-order valence-electron chi connectivity index (χ4n) is 1.34. The van der Waals surface area contributed by atoms with Gasteiger partial charge in [0.2, 0.25) is 0 Å². The molecule has 4 N–H and O–H groups in total. The van der Waals surface area contributed by atoms with Gasteiger partial charge in [-0.05, 0) is 32.9 Å². The summed E-state index contributed by atoms with van der Waals surface area (Å²) in [5.74, 6) is -0.736. The van der Waals surface area contributed by atoms with Crippen molar-refractivity contribution >= 4 is 70.1 Å². The van der Waals surface area contributed by atoms with E-state index < -0.39 is 0 Å². The molecule has 2 amide bonds. The maximum Gasteiger partial charge on any atom is 2.00 e. The van der Waals surface area contributed by atoms with Crippen LogP contribution in [-0.2, 0) is 42.3 Å². The third kappa shape index (κ3) is 11.3. The number of carbonyl (C=O) groups is 2. The minimum atomic E-state index is -0.368. The Balaban J connectivity index is 0.000000483.